The maximum Gasteiger partial charge on any atom is 0.297 e. The number of epoxide rings is 1. The number of carbonyl (C=O) groups excluding carboxylic acids is 1. The van der Waals surface area contributed by atoms with Crippen molar-refractivity contribution < 1.29 is 30.1 Å². The minimum absolute atomic E-state index is 0.0670. The lowest BCUT2D eigenvalue weighted by molar-refractivity contribution is -0.0246. The maximum absolute atomic E-state index is 13.8. The van der Waals surface area contributed by atoms with Gasteiger partial charge in [-0.25, -0.2) is 0 Å². The van der Waals surface area contributed by atoms with Crippen molar-refractivity contribution in [3.63, 3.8) is 0 Å². The van der Waals surface area contributed by atoms with Crippen LogP contribution in [0.25, 0.3) is 0 Å². The molecule has 0 bridgehead atoms. The van der Waals surface area contributed by atoms with Crippen LogP contribution in [0, 0.1) is 29.6 Å². The van der Waals surface area contributed by atoms with E-state index in [1.54, 1.807) is 0 Å². The number of aromatic nitrogens is 1. The summed E-state index contributed by atoms with van der Waals surface area (Å²) in [4.78, 5) is 26.6. The fourth-order valence-electron chi connectivity index (χ4n) is 6.44. The van der Waals surface area contributed by atoms with Crippen LogP contribution in [-0.2, 0) is 10.3 Å². The highest BCUT2D eigenvalue weighted by Crippen LogP contribution is 2.52. The lowest BCUT2D eigenvalue weighted by atomic mass is 9.61. The summed E-state index contributed by atoms with van der Waals surface area (Å²) in [6.07, 6.45) is 6.25. The van der Waals surface area contributed by atoms with Gasteiger partial charge in [0.25, 0.3) is 5.56 Å². The molecule has 2 heterocycles. The van der Waals surface area contributed by atoms with Crippen molar-refractivity contribution in [3.8, 4) is 5.75 Å². The predicted molar refractivity (Wildman–Crippen MR) is 113 cm³/mol. The number of fused-ring (bicyclic) bond motifs is 2. The van der Waals surface area contributed by atoms with Crippen molar-refractivity contribution in [3.05, 3.63) is 39.8 Å². The Morgan fingerprint density at radius 1 is 1.22 bits per heavy atom. The number of rotatable bonds is 3. The zero-order valence-electron chi connectivity index (χ0n) is 18.3. The Balaban J connectivity index is 1.56. The fraction of sp³-hybridized carbons (Fsp3) is 0.667. The summed E-state index contributed by atoms with van der Waals surface area (Å²) >= 11 is 0. The van der Waals surface area contributed by atoms with Crippen LogP contribution in [0.15, 0.2) is 23.1 Å². The molecule has 0 unspecified atom stereocenters. The van der Waals surface area contributed by atoms with Crippen molar-refractivity contribution >= 4 is 5.78 Å². The molecule has 3 aliphatic carbocycles. The van der Waals surface area contributed by atoms with Gasteiger partial charge in [-0.1, -0.05) is 32.4 Å². The van der Waals surface area contributed by atoms with Crippen LogP contribution in [0.4, 0.5) is 0 Å². The van der Waals surface area contributed by atoms with Crippen LogP contribution in [0.3, 0.4) is 0 Å². The Morgan fingerprint density at radius 3 is 2.72 bits per heavy atom. The average Bonchev–Trinajstić information content (AvgIpc) is 3.56. The van der Waals surface area contributed by atoms with Crippen molar-refractivity contribution in [1.29, 1.82) is 0 Å². The van der Waals surface area contributed by atoms with E-state index in [9.17, 15) is 30.1 Å². The molecular formula is C24H31NO7. The van der Waals surface area contributed by atoms with Gasteiger partial charge < -0.3 is 25.3 Å². The number of aromatic hydroxyl groups is 1. The number of ether oxygens (including phenoxy) is 1. The van der Waals surface area contributed by atoms with E-state index >= 15 is 0 Å². The number of aliphatic hydroxyl groups is 2. The molecule has 8 nitrogen and oxygen atoms in total. The zero-order chi connectivity index (χ0) is 22.9. The van der Waals surface area contributed by atoms with Crippen molar-refractivity contribution in [1.82, 2.24) is 4.73 Å². The Hall–Kier alpha value is -2.16. The van der Waals surface area contributed by atoms with Gasteiger partial charge in [0.1, 0.15) is 29.1 Å². The van der Waals surface area contributed by atoms with E-state index in [0.29, 0.717) is 5.92 Å². The number of aliphatic hydroxyl groups excluding tert-OH is 1. The molecule has 1 aliphatic heterocycles. The molecule has 0 amide bonds. The number of nitrogens with zero attached hydrogens (tertiary/aromatic N) is 1. The zero-order valence-corrected chi connectivity index (χ0v) is 18.3. The molecule has 0 aromatic carbocycles. The van der Waals surface area contributed by atoms with E-state index in [4.69, 9.17) is 4.74 Å². The molecule has 0 spiro atoms. The molecule has 9 atom stereocenters. The summed E-state index contributed by atoms with van der Waals surface area (Å²) in [5.41, 5.74) is -3.30. The van der Waals surface area contributed by atoms with Gasteiger partial charge in [0.05, 0.1) is 12.3 Å². The van der Waals surface area contributed by atoms with Gasteiger partial charge in [0.2, 0.25) is 0 Å². The van der Waals surface area contributed by atoms with Crippen LogP contribution < -0.4 is 5.56 Å². The van der Waals surface area contributed by atoms with E-state index in [1.807, 2.05) is 13.0 Å². The van der Waals surface area contributed by atoms with Crippen LogP contribution in [0.2, 0.25) is 0 Å². The Kier molecular flexibility index (Phi) is 5.03. The third-order valence-electron chi connectivity index (χ3n) is 8.28. The van der Waals surface area contributed by atoms with Gasteiger partial charge in [0, 0.05) is 11.5 Å². The first-order valence-electron chi connectivity index (χ1n) is 11.6. The second kappa shape index (κ2) is 7.43. The van der Waals surface area contributed by atoms with Gasteiger partial charge in [-0.15, -0.1) is 0 Å². The minimum Gasteiger partial charge on any atom is -0.507 e. The molecule has 32 heavy (non-hydrogen) atoms. The Morgan fingerprint density at radius 2 is 1.97 bits per heavy atom. The highest BCUT2D eigenvalue weighted by Gasteiger charge is 2.62. The van der Waals surface area contributed by atoms with E-state index in [-0.39, 0.29) is 40.9 Å². The van der Waals surface area contributed by atoms with Gasteiger partial charge in [0.15, 0.2) is 5.78 Å². The molecule has 8 heteroatoms. The SMILES string of the molecule is C[C@H]1CC[C@@H]2[C@@H](C(=O)c3c(O)c([C@]4(O)CC[C@@H](O)[C@H]5O[C@H]54)cn(O)c3=O)[C@@H](C)C=C[C@H]2C1. The van der Waals surface area contributed by atoms with Crippen LogP contribution in [-0.4, -0.2) is 49.4 Å². The minimum atomic E-state index is -1.71. The highest BCUT2D eigenvalue weighted by atomic mass is 16.6. The van der Waals surface area contributed by atoms with Gasteiger partial charge in [-0.05, 0) is 49.4 Å². The molecule has 2 saturated carbocycles. The normalized spacial score (nSPS) is 42.8. The second-order valence-corrected chi connectivity index (χ2v) is 10.3. The molecular weight excluding hydrogens is 414 g/mol. The summed E-state index contributed by atoms with van der Waals surface area (Å²) in [7, 11) is 0. The molecule has 1 saturated heterocycles. The standard InChI is InChI=1S/C24H31NO7/c1-11-3-6-14-13(9-11)5-4-12(2)17(14)20(28)18-19(27)15(10-25(31)23(18)29)24(30)8-7-16(26)21-22(24)32-21/h4-5,10-14,16-17,21-22,26-27,30-31H,3,6-9H2,1-2H3/t11-,12-,13-,14-,16+,17-,21+,22+,24+/m0/s1. The maximum atomic E-state index is 13.8. The number of carbonyl (C=O) groups is 1. The Labute approximate surface area is 186 Å². The molecule has 0 radical (unpaired) electrons. The van der Waals surface area contributed by atoms with E-state index < -0.39 is 52.5 Å². The second-order valence-electron chi connectivity index (χ2n) is 10.3. The number of pyridine rings is 1. The van der Waals surface area contributed by atoms with Crippen molar-refractivity contribution in [2.24, 2.45) is 29.6 Å². The fourth-order valence-corrected chi connectivity index (χ4v) is 6.44. The van der Waals surface area contributed by atoms with E-state index in [0.717, 1.165) is 25.5 Å². The van der Waals surface area contributed by atoms with Gasteiger partial charge >= 0.3 is 0 Å². The number of ketones is 1. The summed E-state index contributed by atoms with van der Waals surface area (Å²) in [6, 6.07) is 0. The molecule has 174 valence electrons. The topological polar surface area (TPSA) is 133 Å². The molecule has 3 fully saturated rings. The third-order valence-corrected chi connectivity index (χ3v) is 8.28. The summed E-state index contributed by atoms with van der Waals surface area (Å²) < 4.78 is 5.70. The first kappa shape index (κ1) is 21.7. The summed E-state index contributed by atoms with van der Waals surface area (Å²) in [5, 5.41) is 42.7. The number of allylic oxidation sites excluding steroid dienone is 2. The monoisotopic (exact) mass is 445 g/mol. The van der Waals surface area contributed by atoms with Gasteiger partial charge in [-0.2, -0.15) is 4.73 Å². The molecule has 4 aliphatic rings. The van der Waals surface area contributed by atoms with Gasteiger partial charge in [-0.3, -0.25) is 9.59 Å². The van der Waals surface area contributed by atoms with Crippen LogP contribution in [0.1, 0.15) is 61.9 Å². The third kappa shape index (κ3) is 3.15. The van der Waals surface area contributed by atoms with Crippen LogP contribution >= 0.6 is 0 Å². The number of hydrogen-bond donors (Lipinski definition) is 4. The smallest absolute Gasteiger partial charge is 0.297 e. The van der Waals surface area contributed by atoms with Crippen LogP contribution in [0.5, 0.6) is 5.75 Å². The first-order valence-corrected chi connectivity index (χ1v) is 11.6. The van der Waals surface area contributed by atoms with E-state index in [1.165, 1.54) is 0 Å². The predicted octanol–water partition coefficient (Wildman–Crippen LogP) is 1.96. The molecule has 1 aromatic rings. The van der Waals surface area contributed by atoms with Crippen molar-refractivity contribution in [2.75, 3.05) is 0 Å². The molecule has 4 N–H and O–H groups in total. The summed E-state index contributed by atoms with van der Waals surface area (Å²) in [6.45, 7) is 4.14. The molecule has 1 aromatic heterocycles. The Bertz CT molecular complexity index is 1030. The summed E-state index contributed by atoms with van der Waals surface area (Å²) in [5.74, 6) is -0.812. The quantitative estimate of drug-likeness (QED) is 0.242. The van der Waals surface area contributed by atoms with Crippen molar-refractivity contribution in [2.45, 2.75) is 69.9 Å². The lowest BCUT2D eigenvalue weighted by Crippen LogP contribution is -2.44. The van der Waals surface area contributed by atoms with E-state index in [2.05, 4.69) is 13.0 Å². The number of Topliss-reactive ketones (excluding diaryl/α,β-unsaturated/α-hetero) is 1. The highest BCUT2D eigenvalue weighted by molar-refractivity contribution is 6.01. The molecule has 5 rings (SSSR count). The lowest BCUT2D eigenvalue weighted by Gasteiger charge is -2.42. The largest absolute Gasteiger partial charge is 0.507 e. The average molecular weight is 446 g/mol. The number of hydrogen-bond acceptors (Lipinski definition) is 7. The first-order chi connectivity index (χ1) is 15.1.